The second-order valence-corrected chi connectivity index (χ2v) is 5.59. The molecule has 1 fully saturated rings. The maximum Gasteiger partial charge on any atom is 0.379 e. The molecule has 0 aliphatic carbocycles. The average Bonchev–Trinajstić information content (AvgIpc) is 2.53. The van der Waals surface area contributed by atoms with E-state index in [4.69, 9.17) is 19.9 Å². The molecule has 0 radical (unpaired) electrons. The molecule has 0 aromatic carbocycles. The largest absolute Gasteiger partial charge is 0.464 e. The fourth-order valence-corrected chi connectivity index (χ4v) is 2.54. The van der Waals surface area contributed by atoms with Crippen molar-refractivity contribution in [3.8, 4) is 0 Å². The Morgan fingerprint density at radius 2 is 1.92 bits per heavy atom. The monoisotopic (exact) mass is 365 g/mol. The van der Waals surface area contributed by atoms with Gasteiger partial charge >= 0.3 is 23.7 Å². The lowest BCUT2D eigenvalue weighted by molar-refractivity contribution is -0.300. The van der Waals surface area contributed by atoms with E-state index in [2.05, 4.69) is 4.74 Å². The molecule has 0 saturated carbocycles. The standard InChI is InChI=1S/C14H23NO10/c1-6(17)23-9(5-16)11(20)12-10(15)8(19)4-14(25-12,13(21)22-3)24-7(2)18/h8-12,16,19-20H,4-5,15H2,1-3H3/t8?,9-,10?,11-,12?,14?/m1/s1. The summed E-state index contributed by atoms with van der Waals surface area (Å²) in [6, 6.07) is -1.23. The van der Waals surface area contributed by atoms with E-state index in [0.717, 1.165) is 21.0 Å². The second kappa shape index (κ2) is 8.54. The maximum atomic E-state index is 12.1. The van der Waals surface area contributed by atoms with Crippen LogP contribution in [0.25, 0.3) is 0 Å². The van der Waals surface area contributed by atoms with Crippen LogP contribution in [0.4, 0.5) is 0 Å². The summed E-state index contributed by atoms with van der Waals surface area (Å²) < 4.78 is 19.6. The minimum absolute atomic E-state index is 0.527. The molecular weight excluding hydrogens is 342 g/mol. The topological polar surface area (TPSA) is 175 Å². The fourth-order valence-electron chi connectivity index (χ4n) is 2.54. The summed E-state index contributed by atoms with van der Waals surface area (Å²) in [6.45, 7) is 1.29. The number of ether oxygens (including phenoxy) is 4. The van der Waals surface area contributed by atoms with Crippen molar-refractivity contribution in [1.29, 1.82) is 0 Å². The van der Waals surface area contributed by atoms with Gasteiger partial charge < -0.3 is 40.0 Å². The molecule has 1 saturated heterocycles. The van der Waals surface area contributed by atoms with Gasteiger partial charge in [0.25, 0.3) is 0 Å². The summed E-state index contributed by atoms with van der Waals surface area (Å²) in [5.74, 6) is -5.15. The van der Waals surface area contributed by atoms with Crippen molar-refractivity contribution in [1.82, 2.24) is 0 Å². The highest BCUT2D eigenvalue weighted by atomic mass is 16.8. The van der Waals surface area contributed by atoms with Crippen LogP contribution in [-0.4, -0.2) is 83.2 Å². The zero-order chi connectivity index (χ0) is 19.4. The predicted octanol–water partition coefficient (Wildman–Crippen LogP) is -2.82. The number of hydrogen-bond donors (Lipinski definition) is 4. The van der Waals surface area contributed by atoms with Crippen LogP contribution in [0.15, 0.2) is 0 Å². The van der Waals surface area contributed by atoms with Crippen molar-refractivity contribution < 1.29 is 48.7 Å². The molecular formula is C14H23NO10. The van der Waals surface area contributed by atoms with Gasteiger partial charge in [-0.2, -0.15) is 0 Å². The summed E-state index contributed by atoms with van der Waals surface area (Å²) in [7, 11) is 1.01. The minimum atomic E-state index is -2.34. The van der Waals surface area contributed by atoms with Gasteiger partial charge in [-0.25, -0.2) is 4.79 Å². The molecule has 11 heteroatoms. The summed E-state index contributed by atoms with van der Waals surface area (Å²) in [6.07, 6.45) is -6.63. The van der Waals surface area contributed by atoms with Crippen molar-refractivity contribution >= 4 is 17.9 Å². The van der Waals surface area contributed by atoms with Crippen LogP contribution >= 0.6 is 0 Å². The van der Waals surface area contributed by atoms with E-state index in [1.165, 1.54) is 0 Å². The van der Waals surface area contributed by atoms with Crippen molar-refractivity contribution in [2.45, 2.75) is 56.5 Å². The molecule has 0 aromatic heterocycles. The quantitative estimate of drug-likeness (QED) is 0.282. The first-order valence-electron chi connectivity index (χ1n) is 7.43. The van der Waals surface area contributed by atoms with E-state index in [1.54, 1.807) is 0 Å². The number of aliphatic hydroxyl groups is 3. The van der Waals surface area contributed by atoms with Crippen molar-refractivity contribution in [2.24, 2.45) is 5.73 Å². The number of carbonyl (C=O) groups is 3. The van der Waals surface area contributed by atoms with Gasteiger partial charge in [0.05, 0.1) is 32.3 Å². The average molecular weight is 365 g/mol. The Kier molecular flexibility index (Phi) is 7.26. The molecule has 144 valence electrons. The number of nitrogens with two attached hydrogens (primary N) is 1. The van der Waals surface area contributed by atoms with Crippen LogP contribution in [0.2, 0.25) is 0 Å². The van der Waals surface area contributed by atoms with E-state index >= 15 is 0 Å². The Hall–Kier alpha value is -1.79. The number of aliphatic hydroxyl groups excluding tert-OH is 3. The van der Waals surface area contributed by atoms with E-state index in [0.29, 0.717) is 0 Å². The van der Waals surface area contributed by atoms with E-state index in [9.17, 15) is 29.7 Å². The van der Waals surface area contributed by atoms with Gasteiger partial charge in [0.2, 0.25) is 0 Å². The van der Waals surface area contributed by atoms with Crippen LogP contribution in [0.3, 0.4) is 0 Å². The second-order valence-electron chi connectivity index (χ2n) is 5.59. The summed E-state index contributed by atoms with van der Waals surface area (Å²) in [5, 5.41) is 29.8. The normalized spacial score (nSPS) is 31.6. The highest BCUT2D eigenvalue weighted by Gasteiger charge is 2.56. The van der Waals surface area contributed by atoms with Gasteiger partial charge in [-0.3, -0.25) is 9.59 Å². The third-order valence-corrected chi connectivity index (χ3v) is 3.65. The van der Waals surface area contributed by atoms with Crippen molar-refractivity contribution in [2.75, 3.05) is 13.7 Å². The molecule has 25 heavy (non-hydrogen) atoms. The zero-order valence-electron chi connectivity index (χ0n) is 14.1. The number of hydrogen-bond acceptors (Lipinski definition) is 11. The molecule has 1 heterocycles. The molecule has 6 atom stereocenters. The van der Waals surface area contributed by atoms with E-state index < -0.39 is 67.2 Å². The Bertz CT molecular complexity index is 512. The predicted molar refractivity (Wildman–Crippen MR) is 78.6 cm³/mol. The van der Waals surface area contributed by atoms with Gasteiger partial charge in [0.15, 0.2) is 6.10 Å². The lowest BCUT2D eigenvalue weighted by Gasteiger charge is -2.45. The minimum Gasteiger partial charge on any atom is -0.464 e. The van der Waals surface area contributed by atoms with Gasteiger partial charge in [0.1, 0.15) is 12.2 Å². The number of carbonyl (C=O) groups excluding carboxylic acids is 3. The zero-order valence-corrected chi connectivity index (χ0v) is 14.1. The van der Waals surface area contributed by atoms with E-state index in [-0.39, 0.29) is 0 Å². The SMILES string of the molecule is COC(=O)C1(OC(C)=O)CC(O)C(N)C([C@H](O)[C@@H](CO)OC(C)=O)O1. The molecule has 4 unspecified atom stereocenters. The van der Waals surface area contributed by atoms with Crippen LogP contribution in [0, 0.1) is 0 Å². The smallest absolute Gasteiger partial charge is 0.379 e. The third kappa shape index (κ3) is 4.86. The van der Waals surface area contributed by atoms with Crippen molar-refractivity contribution in [3.05, 3.63) is 0 Å². The first-order chi connectivity index (χ1) is 11.6. The lowest BCUT2D eigenvalue weighted by atomic mass is 9.89. The van der Waals surface area contributed by atoms with Gasteiger partial charge in [-0.1, -0.05) is 0 Å². The Labute approximate surface area is 143 Å². The Balaban J connectivity index is 3.17. The molecule has 0 spiro atoms. The molecule has 1 aliphatic rings. The Morgan fingerprint density at radius 3 is 2.36 bits per heavy atom. The third-order valence-electron chi connectivity index (χ3n) is 3.65. The molecule has 0 aromatic rings. The molecule has 11 nitrogen and oxygen atoms in total. The van der Waals surface area contributed by atoms with Gasteiger partial charge in [0, 0.05) is 13.8 Å². The van der Waals surface area contributed by atoms with Crippen LogP contribution in [-0.2, 0) is 33.3 Å². The van der Waals surface area contributed by atoms with Gasteiger partial charge in [-0.05, 0) is 0 Å². The number of esters is 3. The Morgan fingerprint density at radius 1 is 1.32 bits per heavy atom. The lowest BCUT2D eigenvalue weighted by Crippen LogP contribution is -2.67. The molecule has 5 N–H and O–H groups in total. The van der Waals surface area contributed by atoms with E-state index in [1.807, 2.05) is 0 Å². The van der Waals surface area contributed by atoms with Crippen LogP contribution in [0.1, 0.15) is 20.3 Å². The maximum absolute atomic E-state index is 12.1. The van der Waals surface area contributed by atoms with Crippen molar-refractivity contribution in [3.63, 3.8) is 0 Å². The first kappa shape index (κ1) is 21.3. The fraction of sp³-hybridized carbons (Fsp3) is 0.786. The van der Waals surface area contributed by atoms with Crippen LogP contribution < -0.4 is 5.73 Å². The molecule has 1 aliphatic heterocycles. The summed E-state index contributed by atoms with van der Waals surface area (Å²) >= 11 is 0. The highest BCUT2D eigenvalue weighted by Crippen LogP contribution is 2.33. The molecule has 1 rings (SSSR count). The molecule has 0 bridgehead atoms. The summed E-state index contributed by atoms with van der Waals surface area (Å²) in [4.78, 5) is 34.5. The van der Waals surface area contributed by atoms with Crippen LogP contribution in [0.5, 0.6) is 0 Å². The number of rotatable bonds is 6. The van der Waals surface area contributed by atoms with Gasteiger partial charge in [-0.15, -0.1) is 0 Å². The highest BCUT2D eigenvalue weighted by molar-refractivity contribution is 5.81. The molecule has 0 amide bonds. The number of methoxy groups -OCH3 is 1. The first-order valence-corrected chi connectivity index (χ1v) is 7.43. The summed E-state index contributed by atoms with van der Waals surface area (Å²) in [5.41, 5.74) is 5.79.